The summed E-state index contributed by atoms with van der Waals surface area (Å²) in [6.07, 6.45) is -1.31. The molecule has 4 heterocycles. The number of benzene rings is 1. The van der Waals surface area contributed by atoms with E-state index >= 15 is 0 Å². The van der Waals surface area contributed by atoms with Crippen LogP contribution in [0.15, 0.2) is 24.3 Å². The molecule has 7 atom stereocenters. The van der Waals surface area contributed by atoms with Gasteiger partial charge in [-0.05, 0) is 43.5 Å². The highest BCUT2D eigenvalue weighted by Crippen LogP contribution is 2.33. The fourth-order valence-corrected chi connectivity index (χ4v) is 6.70. The maximum Gasteiger partial charge on any atom is 0.254 e. The number of nitrogens with one attached hydrogen (secondary N) is 2. The molecule has 6 rings (SSSR count). The van der Waals surface area contributed by atoms with Crippen LogP contribution >= 0.6 is 0 Å². The van der Waals surface area contributed by atoms with Crippen LogP contribution in [0.1, 0.15) is 42.5 Å². The Kier molecular flexibility index (Phi) is 7.70. The number of hydrogen-bond acceptors (Lipinski definition) is 8. The van der Waals surface area contributed by atoms with Crippen molar-refractivity contribution >= 4 is 23.6 Å². The lowest BCUT2D eigenvalue weighted by atomic mass is 9.91. The molecular formula is C28H36FN5O7. The standard InChI is InChI=1S/C28H36FN5O7/c29-16-6-4-15(5-7-16)27(39)33-9-8-32-14-20(33)26(38)30-12-22-25(37)24(36)21(41-22)11-23(35)31-17-10-19(28(32)40)34(13-17)18-2-1-3-18/h4-7,17-22,24-25,36-37H,1-3,8-14H2,(H,30,38)(H,31,35)/t17-,19-,20-,21-,22+,24-,25+/m0/s1. The van der Waals surface area contributed by atoms with Crippen molar-refractivity contribution in [2.24, 2.45) is 0 Å². The molecule has 12 nitrogen and oxygen atoms in total. The first-order valence-corrected chi connectivity index (χ1v) is 14.4. The minimum atomic E-state index is -1.32. The number of aliphatic hydroxyl groups excluding tert-OH is 2. The summed E-state index contributed by atoms with van der Waals surface area (Å²) in [6, 6.07) is 3.53. The lowest BCUT2D eigenvalue weighted by molar-refractivity contribution is -0.142. The number of carbonyl (C=O) groups excluding carboxylic acids is 4. The quantitative estimate of drug-likeness (QED) is 0.337. The van der Waals surface area contributed by atoms with Crippen molar-refractivity contribution in [2.75, 3.05) is 32.7 Å². The first kappa shape index (κ1) is 28.0. The van der Waals surface area contributed by atoms with Crippen LogP contribution in [0.3, 0.4) is 0 Å². The molecule has 4 saturated heterocycles. The van der Waals surface area contributed by atoms with Crippen LogP contribution in [0.5, 0.6) is 0 Å². The van der Waals surface area contributed by atoms with E-state index in [0.29, 0.717) is 13.0 Å². The van der Waals surface area contributed by atoms with Crippen LogP contribution in [-0.2, 0) is 19.1 Å². The van der Waals surface area contributed by atoms with E-state index in [1.807, 2.05) is 0 Å². The largest absolute Gasteiger partial charge is 0.388 e. The van der Waals surface area contributed by atoms with Crippen LogP contribution in [0.2, 0.25) is 0 Å². The molecule has 4 amide bonds. The fourth-order valence-electron chi connectivity index (χ4n) is 6.70. The van der Waals surface area contributed by atoms with Gasteiger partial charge in [0.2, 0.25) is 17.7 Å². The summed E-state index contributed by atoms with van der Waals surface area (Å²) in [4.78, 5) is 59.0. The van der Waals surface area contributed by atoms with Crippen molar-refractivity contribution in [3.8, 4) is 0 Å². The van der Waals surface area contributed by atoms with Gasteiger partial charge in [0.05, 0.1) is 25.1 Å². The molecule has 0 spiro atoms. The molecule has 0 radical (unpaired) electrons. The number of halogens is 1. The van der Waals surface area contributed by atoms with Gasteiger partial charge in [-0.25, -0.2) is 4.39 Å². The van der Waals surface area contributed by atoms with Crippen molar-refractivity contribution in [3.63, 3.8) is 0 Å². The molecule has 1 saturated carbocycles. The van der Waals surface area contributed by atoms with Crippen LogP contribution in [0.25, 0.3) is 0 Å². The molecule has 4 aliphatic heterocycles. The Balaban J connectivity index is 1.29. The summed E-state index contributed by atoms with van der Waals surface area (Å²) in [5.74, 6) is -1.97. The summed E-state index contributed by atoms with van der Waals surface area (Å²) in [6.45, 7) is 0.626. The van der Waals surface area contributed by atoms with Gasteiger partial charge in [-0.3, -0.25) is 24.1 Å². The molecule has 13 heteroatoms. The second kappa shape index (κ2) is 11.3. The topological polar surface area (TPSA) is 152 Å². The van der Waals surface area contributed by atoms with Crippen molar-refractivity contribution in [1.29, 1.82) is 0 Å². The highest BCUT2D eigenvalue weighted by molar-refractivity contribution is 5.98. The zero-order valence-corrected chi connectivity index (χ0v) is 22.7. The Labute approximate surface area is 236 Å². The van der Waals surface area contributed by atoms with Crippen LogP contribution < -0.4 is 10.6 Å². The minimum absolute atomic E-state index is 0.0387. The fraction of sp³-hybridized carbons (Fsp3) is 0.643. The van der Waals surface area contributed by atoms with Crippen LogP contribution in [0, 0.1) is 5.82 Å². The summed E-state index contributed by atoms with van der Waals surface area (Å²) in [5.41, 5.74) is 0.220. The number of fused-ring (bicyclic) bond motifs is 6. The van der Waals surface area contributed by atoms with Gasteiger partial charge in [-0.1, -0.05) is 6.42 Å². The average Bonchev–Trinajstić information content (AvgIpc) is 3.45. The number of carbonyl (C=O) groups is 4. The number of likely N-dealkylation sites (tertiary alicyclic amines) is 1. The van der Waals surface area contributed by atoms with Gasteiger partial charge in [-0.15, -0.1) is 0 Å². The monoisotopic (exact) mass is 573 g/mol. The van der Waals surface area contributed by atoms with E-state index in [9.17, 15) is 33.8 Å². The predicted molar refractivity (Wildman–Crippen MR) is 141 cm³/mol. The van der Waals surface area contributed by atoms with Gasteiger partial charge in [-0.2, -0.15) is 0 Å². The van der Waals surface area contributed by atoms with Gasteiger partial charge in [0.25, 0.3) is 5.91 Å². The van der Waals surface area contributed by atoms with Crippen molar-refractivity contribution in [1.82, 2.24) is 25.3 Å². The minimum Gasteiger partial charge on any atom is -0.388 e. The van der Waals surface area contributed by atoms with E-state index in [4.69, 9.17) is 4.74 Å². The summed E-state index contributed by atoms with van der Waals surface area (Å²) in [5, 5.41) is 26.8. The van der Waals surface area contributed by atoms with Gasteiger partial charge >= 0.3 is 0 Å². The summed E-state index contributed by atoms with van der Waals surface area (Å²) < 4.78 is 19.3. The van der Waals surface area contributed by atoms with E-state index in [-0.39, 0.29) is 62.1 Å². The lowest BCUT2D eigenvalue weighted by Crippen LogP contribution is -2.64. The van der Waals surface area contributed by atoms with E-state index < -0.39 is 54.1 Å². The third-order valence-corrected chi connectivity index (χ3v) is 9.21. The Bertz CT molecular complexity index is 1200. The number of nitrogens with zero attached hydrogens (tertiary/aromatic N) is 3. The molecule has 5 aliphatic rings. The smallest absolute Gasteiger partial charge is 0.254 e. The lowest BCUT2D eigenvalue weighted by Gasteiger charge is -2.43. The van der Waals surface area contributed by atoms with E-state index in [2.05, 4.69) is 15.5 Å². The number of piperazine rings is 1. The Morgan fingerprint density at radius 3 is 2.41 bits per heavy atom. The van der Waals surface area contributed by atoms with Gasteiger partial charge in [0.15, 0.2) is 0 Å². The second-order valence-corrected chi connectivity index (χ2v) is 11.7. The Morgan fingerprint density at radius 1 is 0.976 bits per heavy atom. The van der Waals surface area contributed by atoms with E-state index in [1.165, 1.54) is 29.2 Å². The van der Waals surface area contributed by atoms with Crippen LogP contribution in [0.4, 0.5) is 4.39 Å². The van der Waals surface area contributed by atoms with Crippen LogP contribution in [-0.4, -0.2) is 130 Å². The third-order valence-electron chi connectivity index (χ3n) is 9.21. The van der Waals surface area contributed by atoms with E-state index in [0.717, 1.165) is 19.3 Å². The molecule has 5 fully saturated rings. The maximum absolute atomic E-state index is 13.9. The number of hydrogen-bond donors (Lipinski definition) is 4. The number of amides is 4. The molecule has 222 valence electrons. The molecule has 6 bridgehead atoms. The molecule has 1 aliphatic carbocycles. The zero-order chi connectivity index (χ0) is 28.8. The van der Waals surface area contributed by atoms with Crippen molar-refractivity contribution < 1.29 is 38.5 Å². The van der Waals surface area contributed by atoms with Crippen molar-refractivity contribution in [3.05, 3.63) is 35.6 Å². The summed E-state index contributed by atoms with van der Waals surface area (Å²) >= 11 is 0. The normalized spacial score (nSPS) is 35.2. The average molecular weight is 574 g/mol. The molecular weight excluding hydrogens is 537 g/mol. The SMILES string of the molecule is O=C1C[C@@H]2O[C@H](CNC(=O)[C@@H]3CN(CCN3C(=O)c3ccc(F)cc3)C(=O)[C@@H]3C[C@@H](CN3C3CCC3)N1)[C@@H](O)[C@H]2O. The first-order valence-electron chi connectivity index (χ1n) is 14.4. The molecule has 41 heavy (non-hydrogen) atoms. The number of aliphatic hydroxyl groups is 2. The molecule has 1 aromatic rings. The van der Waals surface area contributed by atoms with Gasteiger partial charge < -0.3 is 35.4 Å². The highest BCUT2D eigenvalue weighted by Gasteiger charge is 2.48. The Morgan fingerprint density at radius 2 is 1.71 bits per heavy atom. The molecule has 0 unspecified atom stereocenters. The first-order chi connectivity index (χ1) is 19.7. The van der Waals surface area contributed by atoms with Gasteiger partial charge in [0, 0.05) is 43.8 Å². The molecule has 1 aromatic carbocycles. The molecule has 4 N–H and O–H groups in total. The Hall–Kier alpha value is -3.13. The predicted octanol–water partition coefficient (Wildman–Crippen LogP) is -1.40. The number of rotatable bonds is 2. The second-order valence-electron chi connectivity index (χ2n) is 11.7. The maximum atomic E-state index is 13.9. The number of ether oxygens (including phenoxy) is 1. The zero-order valence-electron chi connectivity index (χ0n) is 22.7. The third kappa shape index (κ3) is 5.43. The van der Waals surface area contributed by atoms with Gasteiger partial charge in [0.1, 0.15) is 30.2 Å². The molecule has 0 aromatic heterocycles. The highest BCUT2D eigenvalue weighted by atomic mass is 19.1. The van der Waals surface area contributed by atoms with E-state index in [1.54, 1.807) is 4.90 Å². The van der Waals surface area contributed by atoms with Crippen molar-refractivity contribution in [2.45, 2.75) is 80.7 Å². The summed E-state index contributed by atoms with van der Waals surface area (Å²) in [7, 11) is 0.